The molecule has 1 aliphatic carbocycles. The lowest BCUT2D eigenvalue weighted by molar-refractivity contribution is -0.143. The summed E-state index contributed by atoms with van der Waals surface area (Å²) in [4.78, 5) is 34.6. The van der Waals surface area contributed by atoms with Crippen LogP contribution in [0.15, 0.2) is 0 Å². The van der Waals surface area contributed by atoms with Gasteiger partial charge in [-0.1, -0.05) is 13.8 Å². The van der Waals surface area contributed by atoms with Crippen molar-refractivity contribution in [3.05, 3.63) is 0 Å². The molecule has 1 rings (SSSR count). The fourth-order valence-corrected chi connectivity index (χ4v) is 2.60. The van der Waals surface area contributed by atoms with Crippen molar-refractivity contribution >= 4 is 17.3 Å². The third-order valence-electron chi connectivity index (χ3n) is 3.99. The Hall–Kier alpha value is -0.990. The van der Waals surface area contributed by atoms with Gasteiger partial charge in [0.2, 0.25) is 0 Å². The van der Waals surface area contributed by atoms with Crippen molar-refractivity contribution in [2.24, 2.45) is 17.3 Å². The molecule has 0 aromatic carbocycles. The van der Waals surface area contributed by atoms with Gasteiger partial charge < -0.3 is 0 Å². The largest absolute Gasteiger partial charge is 0.300 e. The van der Waals surface area contributed by atoms with Gasteiger partial charge in [0.25, 0.3) is 0 Å². The van der Waals surface area contributed by atoms with Gasteiger partial charge >= 0.3 is 0 Å². The van der Waals surface area contributed by atoms with Gasteiger partial charge in [-0.3, -0.25) is 14.4 Å². The first-order chi connectivity index (χ1) is 7.27. The number of carbonyl (C=O) groups is 3. The fraction of sp³-hybridized carbons (Fsp3) is 0.769. The van der Waals surface area contributed by atoms with E-state index in [9.17, 15) is 14.4 Å². The molecule has 0 N–H and O–H groups in total. The standard InChI is InChI=1S/C13H20O3/c1-8-5-11(10(3)15)6-12(16)13(8,4)7-9(2)14/h8,11H,5-7H2,1-4H3/t8-,11-,13+/m1/s1. The third kappa shape index (κ3) is 2.39. The SMILES string of the molecule is CC(=O)C[C@]1(C)C(=O)C[C@H](C(C)=O)C[C@H]1C. The molecule has 0 saturated heterocycles. The van der Waals surface area contributed by atoms with E-state index < -0.39 is 5.41 Å². The van der Waals surface area contributed by atoms with Crippen LogP contribution in [0.4, 0.5) is 0 Å². The van der Waals surface area contributed by atoms with Gasteiger partial charge in [-0.25, -0.2) is 0 Å². The summed E-state index contributed by atoms with van der Waals surface area (Å²) >= 11 is 0. The second-order valence-electron chi connectivity index (χ2n) is 5.37. The van der Waals surface area contributed by atoms with Gasteiger partial charge in [0.1, 0.15) is 17.3 Å². The molecule has 90 valence electrons. The molecule has 0 aromatic heterocycles. The molecule has 0 spiro atoms. The van der Waals surface area contributed by atoms with Gasteiger partial charge in [-0.2, -0.15) is 0 Å². The number of Topliss-reactive ketones (excluding diaryl/α,β-unsaturated/α-hetero) is 3. The van der Waals surface area contributed by atoms with E-state index in [1.807, 2.05) is 13.8 Å². The molecule has 0 bridgehead atoms. The van der Waals surface area contributed by atoms with Crippen molar-refractivity contribution in [3.8, 4) is 0 Å². The summed E-state index contributed by atoms with van der Waals surface area (Å²) in [6.45, 7) is 6.88. The first-order valence-corrected chi connectivity index (χ1v) is 5.80. The molecule has 16 heavy (non-hydrogen) atoms. The summed E-state index contributed by atoms with van der Waals surface area (Å²) in [5.74, 6) is 0.171. The van der Waals surface area contributed by atoms with E-state index in [0.717, 1.165) is 6.42 Å². The van der Waals surface area contributed by atoms with E-state index in [0.29, 0.717) is 12.8 Å². The molecule has 3 heteroatoms. The molecular formula is C13H20O3. The van der Waals surface area contributed by atoms with E-state index in [1.54, 1.807) is 0 Å². The van der Waals surface area contributed by atoms with Crippen LogP contribution in [0.25, 0.3) is 0 Å². The summed E-state index contributed by atoms with van der Waals surface area (Å²) < 4.78 is 0. The fourth-order valence-electron chi connectivity index (χ4n) is 2.60. The maximum absolute atomic E-state index is 12.1. The lowest BCUT2D eigenvalue weighted by atomic mass is 9.61. The molecule has 1 saturated carbocycles. The van der Waals surface area contributed by atoms with Gasteiger partial charge in [0.05, 0.1) is 0 Å². The normalized spacial score (nSPS) is 34.9. The molecule has 0 radical (unpaired) electrons. The van der Waals surface area contributed by atoms with Crippen LogP contribution in [0.1, 0.15) is 47.0 Å². The molecule has 0 unspecified atom stereocenters. The Bertz CT molecular complexity index is 332. The molecule has 0 aliphatic heterocycles. The van der Waals surface area contributed by atoms with E-state index in [4.69, 9.17) is 0 Å². The number of ketones is 3. The van der Waals surface area contributed by atoms with Crippen LogP contribution in [0.2, 0.25) is 0 Å². The Balaban J connectivity index is 2.87. The van der Waals surface area contributed by atoms with E-state index in [1.165, 1.54) is 13.8 Å². The molecule has 3 nitrogen and oxygen atoms in total. The van der Waals surface area contributed by atoms with Crippen LogP contribution in [-0.4, -0.2) is 17.3 Å². The Morgan fingerprint density at radius 1 is 1.38 bits per heavy atom. The van der Waals surface area contributed by atoms with Crippen molar-refractivity contribution < 1.29 is 14.4 Å². The number of carbonyl (C=O) groups excluding carboxylic acids is 3. The first-order valence-electron chi connectivity index (χ1n) is 5.80. The second-order valence-corrected chi connectivity index (χ2v) is 5.37. The summed E-state index contributed by atoms with van der Waals surface area (Å²) in [6, 6.07) is 0. The van der Waals surface area contributed by atoms with Gasteiger partial charge in [-0.05, 0) is 26.2 Å². The van der Waals surface area contributed by atoms with E-state index in [-0.39, 0.29) is 29.2 Å². The minimum atomic E-state index is -0.558. The number of hydrogen-bond acceptors (Lipinski definition) is 3. The van der Waals surface area contributed by atoms with Crippen molar-refractivity contribution in [2.45, 2.75) is 47.0 Å². The second kappa shape index (κ2) is 4.48. The van der Waals surface area contributed by atoms with Crippen LogP contribution in [-0.2, 0) is 14.4 Å². The Morgan fingerprint density at radius 2 is 1.94 bits per heavy atom. The topological polar surface area (TPSA) is 51.2 Å². The number of hydrogen-bond donors (Lipinski definition) is 0. The lowest BCUT2D eigenvalue weighted by Crippen LogP contribution is -2.43. The summed E-state index contributed by atoms with van der Waals surface area (Å²) in [5.41, 5.74) is -0.558. The first kappa shape index (κ1) is 13.1. The van der Waals surface area contributed by atoms with Gasteiger partial charge in [-0.15, -0.1) is 0 Å². The average molecular weight is 224 g/mol. The highest BCUT2D eigenvalue weighted by atomic mass is 16.1. The Kier molecular flexibility index (Phi) is 3.66. The minimum absolute atomic E-state index is 0.0453. The van der Waals surface area contributed by atoms with E-state index in [2.05, 4.69) is 0 Å². The lowest BCUT2D eigenvalue weighted by Gasteiger charge is -2.40. The third-order valence-corrected chi connectivity index (χ3v) is 3.99. The molecular weight excluding hydrogens is 204 g/mol. The average Bonchev–Trinajstić information content (AvgIpc) is 2.12. The molecule has 0 heterocycles. The van der Waals surface area contributed by atoms with Crippen molar-refractivity contribution in [3.63, 3.8) is 0 Å². The predicted octanol–water partition coefficient (Wildman–Crippen LogP) is 2.18. The van der Waals surface area contributed by atoms with Crippen molar-refractivity contribution in [2.75, 3.05) is 0 Å². The molecule has 1 aliphatic rings. The maximum atomic E-state index is 12.1. The zero-order valence-corrected chi connectivity index (χ0v) is 10.5. The van der Waals surface area contributed by atoms with Gasteiger partial charge in [0, 0.05) is 24.2 Å². The molecule has 3 atom stereocenters. The van der Waals surface area contributed by atoms with Crippen LogP contribution < -0.4 is 0 Å². The highest BCUT2D eigenvalue weighted by Crippen LogP contribution is 2.43. The highest BCUT2D eigenvalue weighted by Gasteiger charge is 2.45. The van der Waals surface area contributed by atoms with Crippen LogP contribution in [0.5, 0.6) is 0 Å². The van der Waals surface area contributed by atoms with E-state index >= 15 is 0 Å². The number of rotatable bonds is 3. The molecule has 0 amide bonds. The van der Waals surface area contributed by atoms with Gasteiger partial charge in [0.15, 0.2) is 0 Å². The Morgan fingerprint density at radius 3 is 2.31 bits per heavy atom. The van der Waals surface area contributed by atoms with Crippen LogP contribution >= 0.6 is 0 Å². The highest BCUT2D eigenvalue weighted by molar-refractivity contribution is 5.94. The Labute approximate surface area is 96.6 Å². The molecule has 1 fully saturated rings. The summed E-state index contributed by atoms with van der Waals surface area (Å²) in [6.07, 6.45) is 1.34. The maximum Gasteiger partial charge on any atom is 0.140 e. The van der Waals surface area contributed by atoms with Crippen molar-refractivity contribution in [1.29, 1.82) is 0 Å². The van der Waals surface area contributed by atoms with Crippen LogP contribution in [0, 0.1) is 17.3 Å². The summed E-state index contributed by atoms with van der Waals surface area (Å²) in [7, 11) is 0. The van der Waals surface area contributed by atoms with Crippen molar-refractivity contribution in [1.82, 2.24) is 0 Å². The summed E-state index contributed by atoms with van der Waals surface area (Å²) in [5, 5.41) is 0. The zero-order valence-electron chi connectivity index (χ0n) is 10.5. The minimum Gasteiger partial charge on any atom is -0.300 e. The monoisotopic (exact) mass is 224 g/mol. The quantitative estimate of drug-likeness (QED) is 0.738. The molecule has 0 aromatic rings. The predicted molar refractivity (Wildman–Crippen MR) is 61.0 cm³/mol. The van der Waals surface area contributed by atoms with Crippen LogP contribution in [0.3, 0.4) is 0 Å². The smallest absolute Gasteiger partial charge is 0.140 e. The zero-order chi connectivity index (χ0) is 12.5.